The fourth-order valence-corrected chi connectivity index (χ4v) is 5.28. The molecule has 0 aliphatic heterocycles. The van der Waals surface area contributed by atoms with Crippen molar-refractivity contribution in [3.63, 3.8) is 0 Å². The molecule has 174 valence electrons. The number of aliphatic hydroxyl groups is 1. The lowest BCUT2D eigenvalue weighted by molar-refractivity contribution is 0.0178. The number of amides is 2. The quantitative estimate of drug-likeness (QED) is 0.437. The number of nitrogens with one attached hydrogen (secondary N) is 3. The molecule has 33 heavy (non-hydrogen) atoms. The van der Waals surface area contributed by atoms with Crippen LogP contribution in [0.4, 0.5) is 18.0 Å². The van der Waals surface area contributed by atoms with Crippen LogP contribution in [0.25, 0.3) is 22.2 Å². The lowest BCUT2D eigenvalue weighted by Gasteiger charge is -2.43. The minimum Gasteiger partial charge on any atom is -0.393 e. The van der Waals surface area contributed by atoms with Gasteiger partial charge in [-0.05, 0) is 85.9 Å². The molecule has 5 rings (SSSR count). The third kappa shape index (κ3) is 4.19. The number of hydrogen-bond donors (Lipinski definition) is 4. The van der Waals surface area contributed by atoms with E-state index in [-0.39, 0.29) is 40.8 Å². The average Bonchev–Trinajstić information content (AvgIpc) is 3.05. The second-order valence-electron chi connectivity index (χ2n) is 9.72. The number of rotatable bonds is 5. The maximum atomic E-state index is 14.5. The third-order valence-corrected chi connectivity index (χ3v) is 6.98. The fraction of sp³-hybridized carbons (Fsp3) is 0.400. The van der Waals surface area contributed by atoms with Crippen LogP contribution in [0.2, 0.25) is 0 Å². The summed E-state index contributed by atoms with van der Waals surface area (Å²) in [5.41, 5.74) is 2.07. The number of urea groups is 1. The zero-order valence-corrected chi connectivity index (χ0v) is 18.2. The maximum absolute atomic E-state index is 14.5. The number of H-pyrrole nitrogens is 1. The van der Waals surface area contributed by atoms with Crippen LogP contribution in [0.5, 0.6) is 0 Å². The van der Waals surface area contributed by atoms with E-state index in [1.807, 2.05) is 6.92 Å². The van der Waals surface area contributed by atoms with E-state index in [0.717, 1.165) is 24.5 Å². The Labute approximate surface area is 189 Å². The summed E-state index contributed by atoms with van der Waals surface area (Å²) >= 11 is 0. The number of carbonyl (C=O) groups is 1. The Morgan fingerprint density at radius 1 is 1.12 bits per heavy atom. The highest BCUT2D eigenvalue weighted by atomic mass is 19.1. The van der Waals surface area contributed by atoms with Crippen molar-refractivity contribution >= 4 is 16.9 Å². The minimum atomic E-state index is -0.663. The van der Waals surface area contributed by atoms with Crippen molar-refractivity contribution in [3.8, 4) is 11.3 Å². The van der Waals surface area contributed by atoms with E-state index in [1.54, 1.807) is 12.1 Å². The second kappa shape index (κ2) is 8.09. The van der Waals surface area contributed by atoms with Gasteiger partial charge in [0.1, 0.15) is 17.5 Å². The van der Waals surface area contributed by atoms with Crippen LogP contribution in [0.1, 0.15) is 44.1 Å². The summed E-state index contributed by atoms with van der Waals surface area (Å²) in [6.07, 6.45) is 2.26. The van der Waals surface area contributed by atoms with E-state index in [9.17, 15) is 23.1 Å². The number of aromatic amines is 1. The number of carbonyl (C=O) groups excluding carboxylic acids is 1. The van der Waals surface area contributed by atoms with Gasteiger partial charge in [0.2, 0.25) is 0 Å². The molecule has 5 nitrogen and oxygen atoms in total. The van der Waals surface area contributed by atoms with Gasteiger partial charge >= 0.3 is 6.03 Å². The molecule has 0 unspecified atom stereocenters. The van der Waals surface area contributed by atoms with E-state index in [0.29, 0.717) is 36.0 Å². The van der Waals surface area contributed by atoms with Gasteiger partial charge in [0.05, 0.1) is 17.3 Å². The molecule has 0 bridgehead atoms. The molecule has 0 spiro atoms. The molecule has 2 fully saturated rings. The molecule has 2 aromatic carbocycles. The van der Waals surface area contributed by atoms with Gasteiger partial charge in [-0.25, -0.2) is 18.0 Å². The van der Waals surface area contributed by atoms with Crippen LogP contribution < -0.4 is 10.6 Å². The van der Waals surface area contributed by atoms with Crippen LogP contribution in [0.15, 0.2) is 36.4 Å². The monoisotopic (exact) mass is 457 g/mol. The van der Waals surface area contributed by atoms with Crippen LogP contribution in [-0.4, -0.2) is 34.3 Å². The highest BCUT2D eigenvalue weighted by Gasteiger charge is 2.41. The van der Waals surface area contributed by atoms with Gasteiger partial charge in [0.15, 0.2) is 0 Å². The molecule has 2 amide bonds. The summed E-state index contributed by atoms with van der Waals surface area (Å²) in [5.74, 6) is -1.37. The van der Waals surface area contributed by atoms with Gasteiger partial charge in [-0.3, -0.25) is 0 Å². The first-order valence-electron chi connectivity index (χ1n) is 11.2. The Balaban J connectivity index is 1.31. The first kappa shape index (κ1) is 21.8. The Morgan fingerprint density at radius 3 is 2.48 bits per heavy atom. The summed E-state index contributed by atoms with van der Waals surface area (Å²) in [4.78, 5) is 15.3. The average molecular weight is 457 g/mol. The molecular formula is C25H26F3N3O2. The summed E-state index contributed by atoms with van der Waals surface area (Å²) in [5, 5.41) is 15.8. The topological polar surface area (TPSA) is 77.2 Å². The highest BCUT2D eigenvalue weighted by Crippen LogP contribution is 2.48. The van der Waals surface area contributed by atoms with Crippen LogP contribution >= 0.6 is 0 Å². The standard InChI is InChI=1S/C25H26F3N3O2/c1-25(10-18(32)11-25)31-24(33)29-12-13-6-15(7-13)21-19-8-17(27)9-20(28)23(19)30-22(21)14-2-4-16(26)5-3-14/h2-5,8-9,13,15,18,30,32H,6-7,10-12H2,1H3,(H2,29,31,33)/t13-,15-,18-,25+. The molecule has 2 aliphatic rings. The lowest BCUT2D eigenvalue weighted by atomic mass is 9.70. The molecule has 4 N–H and O–H groups in total. The van der Waals surface area contributed by atoms with E-state index in [1.165, 1.54) is 18.2 Å². The van der Waals surface area contributed by atoms with Gasteiger partial charge in [0.25, 0.3) is 0 Å². The molecular weight excluding hydrogens is 431 g/mol. The number of halogens is 3. The molecule has 1 aromatic heterocycles. The van der Waals surface area contributed by atoms with Gasteiger partial charge in [0, 0.05) is 23.5 Å². The molecule has 0 saturated heterocycles. The summed E-state index contributed by atoms with van der Waals surface area (Å²) in [6, 6.07) is 7.87. The van der Waals surface area contributed by atoms with Crippen molar-refractivity contribution in [1.82, 2.24) is 15.6 Å². The third-order valence-electron chi connectivity index (χ3n) is 6.98. The fourth-order valence-electron chi connectivity index (χ4n) is 5.28. The first-order chi connectivity index (χ1) is 15.7. The number of aromatic nitrogens is 1. The Kier molecular flexibility index (Phi) is 5.35. The van der Waals surface area contributed by atoms with Crippen molar-refractivity contribution in [2.45, 2.75) is 50.2 Å². The van der Waals surface area contributed by atoms with Gasteiger partial charge in [-0.1, -0.05) is 0 Å². The van der Waals surface area contributed by atoms with Crippen molar-refractivity contribution in [1.29, 1.82) is 0 Å². The van der Waals surface area contributed by atoms with Crippen molar-refractivity contribution in [2.75, 3.05) is 6.54 Å². The van der Waals surface area contributed by atoms with Gasteiger partial charge in [-0.2, -0.15) is 0 Å². The number of fused-ring (bicyclic) bond motifs is 1. The van der Waals surface area contributed by atoms with Crippen molar-refractivity contribution in [3.05, 3.63) is 59.4 Å². The maximum Gasteiger partial charge on any atom is 0.315 e. The van der Waals surface area contributed by atoms with Crippen LogP contribution in [0.3, 0.4) is 0 Å². The smallest absolute Gasteiger partial charge is 0.315 e. The van der Waals surface area contributed by atoms with E-state index < -0.39 is 11.6 Å². The number of benzene rings is 2. The first-order valence-corrected chi connectivity index (χ1v) is 11.2. The molecule has 0 atom stereocenters. The molecule has 0 radical (unpaired) electrons. The lowest BCUT2D eigenvalue weighted by Crippen LogP contribution is -2.59. The molecule has 2 saturated carbocycles. The molecule has 1 heterocycles. The second-order valence-corrected chi connectivity index (χ2v) is 9.72. The van der Waals surface area contributed by atoms with Gasteiger partial charge < -0.3 is 20.7 Å². The van der Waals surface area contributed by atoms with Crippen molar-refractivity contribution < 1.29 is 23.1 Å². The number of aliphatic hydroxyl groups excluding tert-OH is 1. The van der Waals surface area contributed by atoms with Crippen LogP contribution in [-0.2, 0) is 0 Å². The van der Waals surface area contributed by atoms with E-state index in [4.69, 9.17) is 0 Å². The predicted molar refractivity (Wildman–Crippen MR) is 119 cm³/mol. The minimum absolute atomic E-state index is 0.0640. The normalized spacial score (nSPS) is 26.5. The van der Waals surface area contributed by atoms with E-state index in [2.05, 4.69) is 15.6 Å². The number of hydrogen-bond acceptors (Lipinski definition) is 2. The molecule has 3 aromatic rings. The van der Waals surface area contributed by atoms with Gasteiger partial charge in [-0.15, -0.1) is 0 Å². The molecule has 8 heteroatoms. The molecule has 2 aliphatic carbocycles. The largest absolute Gasteiger partial charge is 0.393 e. The SMILES string of the molecule is C[C@]1(NC(=O)NC[C@H]2C[C@H](c3c(-c4ccc(F)cc4)[nH]c4c(F)cc(F)cc43)C2)C[C@@H](O)C1. The Bertz CT molecular complexity index is 1200. The Hall–Kier alpha value is -3.00. The van der Waals surface area contributed by atoms with Crippen LogP contribution in [0, 0.1) is 23.4 Å². The summed E-state index contributed by atoms with van der Waals surface area (Å²) < 4.78 is 42.0. The summed E-state index contributed by atoms with van der Waals surface area (Å²) in [7, 11) is 0. The Morgan fingerprint density at radius 2 is 1.82 bits per heavy atom. The van der Waals surface area contributed by atoms with Crippen molar-refractivity contribution in [2.24, 2.45) is 5.92 Å². The predicted octanol–water partition coefficient (Wildman–Crippen LogP) is 4.96. The zero-order valence-electron chi connectivity index (χ0n) is 18.2. The summed E-state index contributed by atoms with van der Waals surface area (Å²) in [6.45, 7) is 2.41. The highest BCUT2D eigenvalue weighted by molar-refractivity contribution is 5.92. The van der Waals surface area contributed by atoms with E-state index >= 15 is 0 Å². The zero-order chi connectivity index (χ0) is 23.3.